The minimum atomic E-state index is -0.325. The van der Waals surface area contributed by atoms with Crippen LogP contribution in [-0.4, -0.2) is 9.78 Å². The summed E-state index contributed by atoms with van der Waals surface area (Å²) < 4.78 is 1.74. The molecule has 3 heteroatoms. The lowest BCUT2D eigenvalue weighted by Gasteiger charge is -2.01. The van der Waals surface area contributed by atoms with Gasteiger partial charge in [-0.2, -0.15) is 5.10 Å². The summed E-state index contributed by atoms with van der Waals surface area (Å²) in [7, 11) is 1.87. The summed E-state index contributed by atoms with van der Waals surface area (Å²) >= 11 is 0. The number of terminal acetylenes is 1. The average Bonchev–Trinajstić information content (AvgIpc) is 2.45. The second-order valence-electron chi connectivity index (χ2n) is 2.70. The van der Waals surface area contributed by atoms with Crippen LogP contribution in [0.25, 0.3) is 0 Å². The number of aryl methyl sites for hydroxylation is 2. The van der Waals surface area contributed by atoms with Gasteiger partial charge in [-0.25, -0.2) is 0 Å². The molecule has 0 saturated carbocycles. The van der Waals surface area contributed by atoms with E-state index in [-0.39, 0.29) is 6.04 Å². The number of hydrogen-bond donors (Lipinski definition) is 1. The van der Waals surface area contributed by atoms with Crippen LogP contribution in [0.3, 0.4) is 0 Å². The van der Waals surface area contributed by atoms with Crippen molar-refractivity contribution in [1.82, 2.24) is 9.78 Å². The van der Waals surface area contributed by atoms with E-state index in [0.29, 0.717) is 0 Å². The standard InChI is InChI=1S/C9H13N3/c1-4-8(10)7-6-12(3)11-9(7)5-2/h1,6,8H,5,10H2,2-3H3. The van der Waals surface area contributed by atoms with Crippen molar-refractivity contribution in [3.8, 4) is 12.3 Å². The molecule has 0 saturated heterocycles. The molecule has 0 aliphatic carbocycles. The molecule has 1 rings (SSSR count). The van der Waals surface area contributed by atoms with Gasteiger partial charge in [-0.1, -0.05) is 12.8 Å². The summed E-state index contributed by atoms with van der Waals surface area (Å²) in [5, 5.41) is 4.24. The molecule has 1 aromatic heterocycles. The molecule has 3 nitrogen and oxygen atoms in total. The summed E-state index contributed by atoms with van der Waals surface area (Å²) in [5.41, 5.74) is 7.64. The van der Waals surface area contributed by atoms with Crippen LogP contribution < -0.4 is 5.73 Å². The quantitative estimate of drug-likeness (QED) is 0.649. The molecule has 0 aromatic carbocycles. The van der Waals surface area contributed by atoms with E-state index in [9.17, 15) is 0 Å². The van der Waals surface area contributed by atoms with E-state index in [1.165, 1.54) is 0 Å². The maximum absolute atomic E-state index is 5.69. The highest BCUT2D eigenvalue weighted by atomic mass is 15.3. The van der Waals surface area contributed by atoms with E-state index in [0.717, 1.165) is 17.7 Å². The lowest BCUT2D eigenvalue weighted by Crippen LogP contribution is -2.08. The predicted molar refractivity (Wildman–Crippen MR) is 48.3 cm³/mol. The molecule has 64 valence electrons. The minimum absolute atomic E-state index is 0.325. The van der Waals surface area contributed by atoms with Crippen molar-refractivity contribution in [2.75, 3.05) is 0 Å². The molecule has 0 radical (unpaired) electrons. The zero-order valence-corrected chi connectivity index (χ0v) is 7.41. The smallest absolute Gasteiger partial charge is 0.0951 e. The molecule has 0 fully saturated rings. The van der Waals surface area contributed by atoms with Crippen LogP contribution in [-0.2, 0) is 13.5 Å². The Morgan fingerprint density at radius 1 is 1.83 bits per heavy atom. The number of hydrogen-bond acceptors (Lipinski definition) is 2. The topological polar surface area (TPSA) is 43.8 Å². The molecular formula is C9H13N3. The van der Waals surface area contributed by atoms with Gasteiger partial charge < -0.3 is 5.73 Å². The Kier molecular flexibility index (Phi) is 2.51. The molecule has 1 heterocycles. The Morgan fingerprint density at radius 2 is 2.50 bits per heavy atom. The first kappa shape index (κ1) is 8.82. The van der Waals surface area contributed by atoms with Crippen molar-refractivity contribution in [2.45, 2.75) is 19.4 Å². The maximum atomic E-state index is 5.69. The lowest BCUT2D eigenvalue weighted by molar-refractivity contribution is 0.746. The van der Waals surface area contributed by atoms with Gasteiger partial charge >= 0.3 is 0 Å². The van der Waals surface area contributed by atoms with Gasteiger partial charge in [-0.15, -0.1) is 6.42 Å². The molecular weight excluding hydrogens is 150 g/mol. The molecule has 0 amide bonds. The van der Waals surface area contributed by atoms with Crippen molar-refractivity contribution in [3.63, 3.8) is 0 Å². The third kappa shape index (κ3) is 1.49. The van der Waals surface area contributed by atoms with Gasteiger partial charge in [0.2, 0.25) is 0 Å². The van der Waals surface area contributed by atoms with Crippen LogP contribution in [0.1, 0.15) is 24.2 Å². The molecule has 1 atom stereocenters. The summed E-state index contributed by atoms with van der Waals surface area (Å²) in [4.78, 5) is 0. The molecule has 0 spiro atoms. The SMILES string of the molecule is C#CC(N)c1cn(C)nc1CC. The van der Waals surface area contributed by atoms with E-state index in [1.54, 1.807) is 4.68 Å². The third-order valence-electron chi connectivity index (χ3n) is 1.79. The van der Waals surface area contributed by atoms with E-state index < -0.39 is 0 Å². The van der Waals surface area contributed by atoms with E-state index in [4.69, 9.17) is 12.2 Å². The number of rotatable bonds is 2. The Morgan fingerprint density at radius 3 is 3.00 bits per heavy atom. The van der Waals surface area contributed by atoms with Gasteiger partial charge in [0.15, 0.2) is 0 Å². The second kappa shape index (κ2) is 3.42. The van der Waals surface area contributed by atoms with Crippen LogP contribution in [0.15, 0.2) is 6.20 Å². The van der Waals surface area contributed by atoms with Crippen LogP contribution >= 0.6 is 0 Å². The largest absolute Gasteiger partial charge is 0.314 e. The fourth-order valence-electron chi connectivity index (χ4n) is 1.18. The van der Waals surface area contributed by atoms with Crippen molar-refractivity contribution >= 4 is 0 Å². The Balaban J connectivity index is 3.06. The van der Waals surface area contributed by atoms with Gasteiger partial charge in [0, 0.05) is 18.8 Å². The van der Waals surface area contributed by atoms with Crippen LogP contribution in [0.5, 0.6) is 0 Å². The van der Waals surface area contributed by atoms with Crippen molar-refractivity contribution in [2.24, 2.45) is 12.8 Å². The third-order valence-corrected chi connectivity index (χ3v) is 1.79. The fourth-order valence-corrected chi connectivity index (χ4v) is 1.18. The summed E-state index contributed by atoms with van der Waals surface area (Å²) in [6, 6.07) is -0.325. The van der Waals surface area contributed by atoms with Gasteiger partial charge in [-0.3, -0.25) is 4.68 Å². The molecule has 0 bridgehead atoms. The first-order valence-corrected chi connectivity index (χ1v) is 3.93. The van der Waals surface area contributed by atoms with E-state index >= 15 is 0 Å². The molecule has 0 aliphatic heterocycles. The number of aromatic nitrogens is 2. The van der Waals surface area contributed by atoms with Crippen molar-refractivity contribution in [3.05, 3.63) is 17.5 Å². The zero-order valence-electron chi connectivity index (χ0n) is 7.41. The second-order valence-corrected chi connectivity index (χ2v) is 2.70. The predicted octanol–water partition coefficient (Wildman–Crippen LogP) is 0.615. The van der Waals surface area contributed by atoms with Gasteiger partial charge in [0.25, 0.3) is 0 Å². The summed E-state index contributed by atoms with van der Waals surface area (Å²) in [6.07, 6.45) is 7.97. The summed E-state index contributed by atoms with van der Waals surface area (Å²) in [6.45, 7) is 2.04. The molecule has 2 N–H and O–H groups in total. The molecule has 1 aromatic rings. The number of nitrogens with zero attached hydrogens (tertiary/aromatic N) is 2. The monoisotopic (exact) mass is 163 g/mol. The Bertz CT molecular complexity index is 306. The minimum Gasteiger partial charge on any atom is -0.314 e. The molecule has 12 heavy (non-hydrogen) atoms. The first-order chi connectivity index (χ1) is 5.69. The van der Waals surface area contributed by atoms with Crippen LogP contribution in [0, 0.1) is 12.3 Å². The molecule has 1 unspecified atom stereocenters. The van der Waals surface area contributed by atoms with Crippen molar-refractivity contribution in [1.29, 1.82) is 0 Å². The Labute approximate surface area is 72.6 Å². The van der Waals surface area contributed by atoms with E-state index in [1.807, 2.05) is 20.2 Å². The highest BCUT2D eigenvalue weighted by Gasteiger charge is 2.10. The normalized spacial score (nSPS) is 12.5. The Hall–Kier alpha value is -1.27. The fraction of sp³-hybridized carbons (Fsp3) is 0.444. The molecule has 0 aliphatic rings. The summed E-state index contributed by atoms with van der Waals surface area (Å²) in [5.74, 6) is 2.49. The maximum Gasteiger partial charge on any atom is 0.0951 e. The van der Waals surface area contributed by atoms with Crippen LogP contribution in [0.4, 0.5) is 0 Å². The first-order valence-electron chi connectivity index (χ1n) is 3.93. The lowest BCUT2D eigenvalue weighted by atomic mass is 10.1. The zero-order chi connectivity index (χ0) is 9.14. The van der Waals surface area contributed by atoms with Gasteiger partial charge in [0.1, 0.15) is 0 Å². The van der Waals surface area contributed by atoms with Gasteiger partial charge in [-0.05, 0) is 6.42 Å². The van der Waals surface area contributed by atoms with Crippen LogP contribution in [0.2, 0.25) is 0 Å². The van der Waals surface area contributed by atoms with Crippen molar-refractivity contribution < 1.29 is 0 Å². The average molecular weight is 163 g/mol. The highest BCUT2D eigenvalue weighted by Crippen LogP contribution is 2.13. The van der Waals surface area contributed by atoms with Gasteiger partial charge in [0.05, 0.1) is 11.7 Å². The highest BCUT2D eigenvalue weighted by molar-refractivity contribution is 5.27. The van der Waals surface area contributed by atoms with E-state index in [2.05, 4.69) is 11.0 Å². The number of nitrogens with two attached hydrogens (primary N) is 1.